The van der Waals surface area contributed by atoms with E-state index in [-0.39, 0.29) is 29.6 Å². The number of amides is 2. The summed E-state index contributed by atoms with van der Waals surface area (Å²) in [5, 5.41) is 3.17. The molecule has 0 aliphatic rings. The molecule has 0 heterocycles. The maximum Gasteiger partial charge on any atom is 0.244 e. The SMILES string of the molecule is CCCCNC(=O)C(Cc1ccccc1)N(Cc1ccccc1)C(=O)CN(c1ccc(OC)c(Cl)c1)S(C)(=O)=O. The van der Waals surface area contributed by atoms with Gasteiger partial charge in [-0.1, -0.05) is 85.6 Å². The van der Waals surface area contributed by atoms with Gasteiger partial charge in [-0.05, 0) is 35.7 Å². The van der Waals surface area contributed by atoms with Crippen molar-refractivity contribution >= 4 is 39.1 Å². The Morgan fingerprint density at radius 2 is 1.60 bits per heavy atom. The molecule has 10 heteroatoms. The van der Waals surface area contributed by atoms with E-state index in [1.54, 1.807) is 6.07 Å². The van der Waals surface area contributed by atoms with Crippen LogP contribution in [0.4, 0.5) is 5.69 Å². The van der Waals surface area contributed by atoms with Crippen molar-refractivity contribution in [3.8, 4) is 5.75 Å². The van der Waals surface area contributed by atoms with Crippen LogP contribution >= 0.6 is 11.6 Å². The van der Waals surface area contributed by atoms with E-state index in [4.69, 9.17) is 16.3 Å². The van der Waals surface area contributed by atoms with Crippen LogP contribution in [0, 0.1) is 0 Å². The Balaban J connectivity index is 2.02. The average Bonchev–Trinajstić information content (AvgIpc) is 2.94. The van der Waals surface area contributed by atoms with Crippen LogP contribution in [0.1, 0.15) is 30.9 Å². The van der Waals surface area contributed by atoms with Crippen LogP contribution in [0.2, 0.25) is 5.02 Å². The zero-order valence-electron chi connectivity index (χ0n) is 23.0. The van der Waals surface area contributed by atoms with Crippen molar-refractivity contribution in [1.82, 2.24) is 10.2 Å². The largest absolute Gasteiger partial charge is 0.495 e. The van der Waals surface area contributed by atoms with Crippen LogP contribution in [0.25, 0.3) is 0 Å². The van der Waals surface area contributed by atoms with Crippen LogP contribution in [-0.2, 0) is 32.6 Å². The Bertz CT molecular complexity index is 1370. The number of benzene rings is 3. The molecular weight excluding hydrogens is 550 g/mol. The van der Waals surface area contributed by atoms with Crippen LogP contribution < -0.4 is 14.4 Å². The number of halogens is 1. The number of nitrogens with zero attached hydrogens (tertiary/aromatic N) is 2. The molecule has 3 aromatic carbocycles. The Kier molecular flexibility index (Phi) is 11.4. The molecule has 0 aliphatic heterocycles. The van der Waals surface area contributed by atoms with E-state index in [9.17, 15) is 18.0 Å². The highest BCUT2D eigenvalue weighted by Gasteiger charge is 2.33. The molecule has 1 atom stereocenters. The molecule has 0 spiro atoms. The molecule has 0 saturated heterocycles. The first-order valence-electron chi connectivity index (χ1n) is 13.1. The lowest BCUT2D eigenvalue weighted by molar-refractivity contribution is -0.140. The normalized spacial score (nSPS) is 11.9. The number of ether oxygens (including phenoxy) is 1. The quantitative estimate of drug-likeness (QED) is 0.277. The molecule has 214 valence electrons. The number of nitrogens with one attached hydrogen (secondary N) is 1. The number of methoxy groups -OCH3 is 1. The van der Waals surface area contributed by atoms with Gasteiger partial charge in [0.1, 0.15) is 18.3 Å². The molecule has 1 N–H and O–H groups in total. The van der Waals surface area contributed by atoms with E-state index in [0.29, 0.717) is 12.3 Å². The third-order valence-electron chi connectivity index (χ3n) is 6.40. The van der Waals surface area contributed by atoms with Crippen molar-refractivity contribution < 1.29 is 22.7 Å². The van der Waals surface area contributed by atoms with Gasteiger partial charge in [-0.3, -0.25) is 13.9 Å². The van der Waals surface area contributed by atoms with Gasteiger partial charge < -0.3 is 15.0 Å². The summed E-state index contributed by atoms with van der Waals surface area (Å²) in [6.07, 6.45) is 3.00. The standard InChI is InChI=1S/C30H36ClN3O5S/c1-4-5-18-32-30(36)27(19-23-12-8-6-9-13-23)33(21-24-14-10-7-11-15-24)29(35)22-34(40(3,37)38)25-16-17-28(39-2)26(31)20-25/h6-17,20,27H,4-5,18-19,21-22H2,1-3H3,(H,32,36). The molecule has 3 aromatic rings. The minimum absolute atomic E-state index is 0.124. The maximum absolute atomic E-state index is 14.0. The van der Waals surface area contributed by atoms with Crippen molar-refractivity contribution in [2.24, 2.45) is 0 Å². The van der Waals surface area contributed by atoms with E-state index in [1.165, 1.54) is 24.1 Å². The Morgan fingerprint density at radius 3 is 2.15 bits per heavy atom. The van der Waals surface area contributed by atoms with Gasteiger partial charge in [0.05, 0.1) is 24.1 Å². The second-order valence-electron chi connectivity index (χ2n) is 9.45. The lowest BCUT2D eigenvalue weighted by Crippen LogP contribution is -2.53. The minimum Gasteiger partial charge on any atom is -0.495 e. The number of hydrogen-bond donors (Lipinski definition) is 1. The highest BCUT2D eigenvalue weighted by Crippen LogP contribution is 2.30. The van der Waals surface area contributed by atoms with Crippen molar-refractivity contribution in [3.63, 3.8) is 0 Å². The lowest BCUT2D eigenvalue weighted by atomic mass is 10.0. The summed E-state index contributed by atoms with van der Waals surface area (Å²) in [6.45, 7) is 2.12. The Morgan fingerprint density at radius 1 is 0.975 bits per heavy atom. The second kappa shape index (κ2) is 14.7. The number of rotatable bonds is 14. The van der Waals surface area contributed by atoms with Crippen molar-refractivity contribution in [3.05, 3.63) is 95.0 Å². The van der Waals surface area contributed by atoms with Crippen LogP contribution in [0.3, 0.4) is 0 Å². The van der Waals surface area contributed by atoms with Gasteiger partial charge in [-0.2, -0.15) is 0 Å². The molecule has 2 amide bonds. The van der Waals surface area contributed by atoms with Gasteiger partial charge in [0.2, 0.25) is 21.8 Å². The zero-order chi connectivity index (χ0) is 29.1. The van der Waals surface area contributed by atoms with Crippen molar-refractivity contribution in [1.29, 1.82) is 0 Å². The van der Waals surface area contributed by atoms with Gasteiger partial charge in [0, 0.05) is 19.5 Å². The number of anilines is 1. The molecule has 0 radical (unpaired) electrons. The Hall–Kier alpha value is -3.56. The number of carbonyl (C=O) groups is 2. The summed E-state index contributed by atoms with van der Waals surface area (Å²) >= 11 is 6.28. The van der Waals surface area contributed by atoms with Gasteiger partial charge in [0.15, 0.2) is 0 Å². The highest BCUT2D eigenvalue weighted by atomic mass is 35.5. The molecule has 3 rings (SSSR count). The van der Waals surface area contributed by atoms with Crippen LogP contribution in [0.5, 0.6) is 5.75 Å². The fraction of sp³-hybridized carbons (Fsp3) is 0.333. The number of sulfonamides is 1. The molecule has 0 bridgehead atoms. The second-order valence-corrected chi connectivity index (χ2v) is 11.8. The van der Waals surface area contributed by atoms with Crippen LogP contribution in [-0.4, -0.2) is 57.6 Å². The monoisotopic (exact) mass is 585 g/mol. The van der Waals surface area contributed by atoms with E-state index >= 15 is 0 Å². The fourth-order valence-electron chi connectivity index (χ4n) is 4.26. The van der Waals surface area contributed by atoms with Gasteiger partial charge in [-0.25, -0.2) is 8.42 Å². The van der Waals surface area contributed by atoms with Crippen molar-refractivity contribution in [2.75, 3.05) is 30.8 Å². The summed E-state index contributed by atoms with van der Waals surface area (Å²) < 4.78 is 31.9. The van der Waals surface area contributed by atoms with Gasteiger partial charge in [0.25, 0.3) is 0 Å². The average molecular weight is 586 g/mol. The molecule has 0 saturated carbocycles. The molecule has 0 aromatic heterocycles. The summed E-state index contributed by atoms with van der Waals surface area (Å²) in [5.41, 5.74) is 1.91. The lowest BCUT2D eigenvalue weighted by Gasteiger charge is -2.33. The molecule has 40 heavy (non-hydrogen) atoms. The molecule has 8 nitrogen and oxygen atoms in total. The fourth-order valence-corrected chi connectivity index (χ4v) is 5.36. The summed E-state index contributed by atoms with van der Waals surface area (Å²) in [6, 6.07) is 22.4. The smallest absolute Gasteiger partial charge is 0.244 e. The Labute approximate surface area is 241 Å². The minimum atomic E-state index is -3.89. The predicted octanol–water partition coefficient (Wildman–Crippen LogP) is 4.67. The third-order valence-corrected chi connectivity index (χ3v) is 7.83. The number of hydrogen-bond acceptors (Lipinski definition) is 5. The zero-order valence-corrected chi connectivity index (χ0v) is 24.6. The van der Waals surface area contributed by atoms with E-state index < -0.39 is 28.5 Å². The summed E-state index contributed by atoms with van der Waals surface area (Å²) in [5.74, 6) is -0.435. The molecule has 0 aliphatic carbocycles. The van der Waals surface area contributed by atoms with E-state index in [2.05, 4.69) is 5.32 Å². The molecule has 0 fully saturated rings. The first-order valence-corrected chi connectivity index (χ1v) is 15.3. The van der Waals surface area contributed by atoms with Crippen molar-refractivity contribution in [2.45, 2.75) is 38.8 Å². The van der Waals surface area contributed by atoms with Crippen LogP contribution in [0.15, 0.2) is 78.9 Å². The summed E-state index contributed by atoms with van der Waals surface area (Å²) in [7, 11) is -2.44. The maximum atomic E-state index is 14.0. The molecular formula is C30H36ClN3O5S. The number of carbonyl (C=O) groups excluding carboxylic acids is 2. The van der Waals surface area contributed by atoms with Gasteiger partial charge >= 0.3 is 0 Å². The predicted molar refractivity (Wildman–Crippen MR) is 159 cm³/mol. The van der Waals surface area contributed by atoms with Gasteiger partial charge in [-0.15, -0.1) is 0 Å². The first kappa shape index (κ1) is 31.0. The number of unbranched alkanes of at least 4 members (excludes halogenated alkanes) is 1. The van der Waals surface area contributed by atoms with E-state index in [1.807, 2.05) is 67.6 Å². The topological polar surface area (TPSA) is 96.0 Å². The third kappa shape index (κ3) is 8.72. The first-order chi connectivity index (χ1) is 19.1. The summed E-state index contributed by atoms with van der Waals surface area (Å²) in [4.78, 5) is 29.1. The van der Waals surface area contributed by atoms with E-state index in [0.717, 1.165) is 34.5 Å². The molecule has 1 unspecified atom stereocenters. The highest BCUT2D eigenvalue weighted by molar-refractivity contribution is 7.92.